The van der Waals surface area contributed by atoms with Gasteiger partial charge in [0.15, 0.2) is 5.78 Å². The van der Waals surface area contributed by atoms with Crippen LogP contribution in [0.5, 0.6) is 0 Å². The lowest BCUT2D eigenvalue weighted by Gasteiger charge is -2.13. The molecule has 0 saturated carbocycles. The largest absolute Gasteiger partial charge is 0.289 e. The van der Waals surface area contributed by atoms with Crippen molar-refractivity contribution in [2.45, 2.75) is 6.42 Å². The molecule has 0 N–H and O–H groups in total. The van der Waals surface area contributed by atoms with Gasteiger partial charge in [0.05, 0.1) is 0 Å². The number of hydrogen-bond acceptors (Lipinski definition) is 1. The molecule has 0 atom stereocenters. The number of carbonyl (C=O) groups excluding carboxylic acids is 1. The van der Waals surface area contributed by atoms with Crippen molar-refractivity contribution < 1.29 is 4.79 Å². The highest BCUT2D eigenvalue weighted by Gasteiger charge is 2.28. The standard InChI is InChI=1S/C26H16O/c27-25-13-12-21-19-9-4-2-7-17(19)15-24(21)26(25)22-11-5-10-20-18-8-3-1-6-16(18)14-23(20)22/h1-14H,15H2. The molecular weight excluding hydrogens is 328 g/mol. The molecule has 0 unspecified atom stereocenters. The second kappa shape index (κ2) is 5.28. The lowest BCUT2D eigenvalue weighted by Crippen LogP contribution is -2.31. The lowest BCUT2D eigenvalue weighted by molar-refractivity contribution is -0.109. The molecule has 0 bridgehead atoms. The topological polar surface area (TPSA) is 17.1 Å². The first-order chi connectivity index (χ1) is 13.3. The van der Waals surface area contributed by atoms with Gasteiger partial charge in [-0.15, -0.1) is 0 Å². The normalized spacial score (nSPS) is 18.0. The van der Waals surface area contributed by atoms with E-state index in [4.69, 9.17) is 0 Å². The van der Waals surface area contributed by atoms with E-state index in [0.717, 1.165) is 17.2 Å². The Labute approximate surface area is 157 Å². The third kappa shape index (κ3) is 1.97. The van der Waals surface area contributed by atoms with Crippen LogP contribution in [0.15, 0.2) is 84.5 Å². The molecule has 6 rings (SSSR count). The van der Waals surface area contributed by atoms with Gasteiger partial charge < -0.3 is 0 Å². The number of ketones is 1. The summed E-state index contributed by atoms with van der Waals surface area (Å²) in [4.78, 5) is 13.0. The van der Waals surface area contributed by atoms with Crippen LogP contribution in [-0.4, -0.2) is 5.78 Å². The molecule has 3 aliphatic rings. The Balaban J connectivity index is 1.70. The van der Waals surface area contributed by atoms with Crippen molar-refractivity contribution in [3.05, 3.63) is 112 Å². The van der Waals surface area contributed by atoms with E-state index in [2.05, 4.69) is 72.8 Å². The number of carbonyl (C=O) groups is 1. The van der Waals surface area contributed by atoms with E-state index in [9.17, 15) is 4.79 Å². The molecule has 0 aliphatic heterocycles. The highest BCUT2D eigenvalue weighted by molar-refractivity contribution is 6.30. The molecule has 3 aromatic carbocycles. The van der Waals surface area contributed by atoms with Crippen LogP contribution in [0.2, 0.25) is 0 Å². The Morgan fingerprint density at radius 2 is 1.48 bits per heavy atom. The van der Waals surface area contributed by atoms with Crippen LogP contribution in [0.1, 0.15) is 16.7 Å². The molecular formula is C26H16O. The van der Waals surface area contributed by atoms with Gasteiger partial charge in [-0.05, 0) is 68.0 Å². The summed E-state index contributed by atoms with van der Waals surface area (Å²) < 4.78 is 0. The molecule has 3 aliphatic carbocycles. The van der Waals surface area contributed by atoms with Crippen LogP contribution >= 0.6 is 0 Å². The van der Waals surface area contributed by atoms with Gasteiger partial charge in [0.25, 0.3) is 0 Å². The van der Waals surface area contributed by atoms with Crippen LogP contribution < -0.4 is 10.4 Å². The number of fused-ring (bicyclic) bond motifs is 5. The second-order valence-corrected chi connectivity index (χ2v) is 7.30. The minimum absolute atomic E-state index is 0.110. The molecule has 1 heteroatoms. The zero-order valence-electron chi connectivity index (χ0n) is 14.7. The van der Waals surface area contributed by atoms with E-state index >= 15 is 0 Å². The van der Waals surface area contributed by atoms with Gasteiger partial charge in [0.2, 0.25) is 0 Å². The molecule has 1 nitrogen and oxygen atoms in total. The van der Waals surface area contributed by atoms with Gasteiger partial charge in [-0.25, -0.2) is 0 Å². The molecule has 3 aromatic rings. The van der Waals surface area contributed by atoms with E-state index in [1.807, 2.05) is 6.08 Å². The Bertz CT molecular complexity index is 1350. The van der Waals surface area contributed by atoms with Gasteiger partial charge >= 0.3 is 0 Å². The van der Waals surface area contributed by atoms with Crippen molar-refractivity contribution in [3.8, 4) is 11.1 Å². The third-order valence-corrected chi connectivity index (χ3v) is 5.88. The molecule has 0 aromatic heterocycles. The minimum Gasteiger partial charge on any atom is -0.289 e. The fourth-order valence-electron chi connectivity index (χ4n) is 4.68. The summed E-state index contributed by atoms with van der Waals surface area (Å²) in [6.45, 7) is 0. The fourth-order valence-corrected chi connectivity index (χ4v) is 4.68. The Morgan fingerprint density at radius 1 is 0.704 bits per heavy atom. The molecule has 126 valence electrons. The summed E-state index contributed by atoms with van der Waals surface area (Å²) in [5, 5.41) is 2.22. The predicted molar refractivity (Wildman–Crippen MR) is 109 cm³/mol. The zero-order chi connectivity index (χ0) is 18.0. The predicted octanol–water partition coefficient (Wildman–Crippen LogP) is 3.80. The number of benzene rings is 3. The number of rotatable bonds is 0. The average Bonchev–Trinajstić information content (AvgIpc) is 3.26. The van der Waals surface area contributed by atoms with Gasteiger partial charge in [0, 0.05) is 5.57 Å². The SMILES string of the molecule is O=C1C=CC2=C(Cc3ccccc32)C1=c1cccc2c1=Cc1ccccc1-2. The van der Waals surface area contributed by atoms with E-state index < -0.39 is 0 Å². The Kier molecular flexibility index (Phi) is 2.87. The second-order valence-electron chi connectivity index (χ2n) is 7.30. The van der Waals surface area contributed by atoms with Crippen LogP contribution in [0.3, 0.4) is 0 Å². The molecule has 27 heavy (non-hydrogen) atoms. The smallest absolute Gasteiger partial charge is 0.186 e. The van der Waals surface area contributed by atoms with Gasteiger partial charge in [0.1, 0.15) is 0 Å². The molecule has 0 spiro atoms. The zero-order valence-corrected chi connectivity index (χ0v) is 14.7. The monoisotopic (exact) mass is 344 g/mol. The third-order valence-electron chi connectivity index (χ3n) is 5.88. The molecule has 0 heterocycles. The van der Waals surface area contributed by atoms with Gasteiger partial charge in [-0.1, -0.05) is 72.8 Å². The van der Waals surface area contributed by atoms with Crippen LogP contribution in [-0.2, 0) is 11.2 Å². The molecule has 0 saturated heterocycles. The van der Waals surface area contributed by atoms with Crippen molar-refractivity contribution in [1.29, 1.82) is 0 Å². The molecule has 0 amide bonds. The van der Waals surface area contributed by atoms with Crippen molar-refractivity contribution in [1.82, 2.24) is 0 Å². The molecule has 0 radical (unpaired) electrons. The summed E-state index contributed by atoms with van der Waals surface area (Å²) in [5.74, 6) is 0.110. The number of hydrogen-bond donors (Lipinski definition) is 0. The highest BCUT2D eigenvalue weighted by atomic mass is 16.1. The van der Waals surface area contributed by atoms with E-state index in [1.54, 1.807) is 6.08 Å². The first kappa shape index (κ1) is 14.7. The van der Waals surface area contributed by atoms with Crippen molar-refractivity contribution >= 4 is 23.0 Å². The lowest BCUT2D eigenvalue weighted by atomic mass is 9.89. The molecule has 0 fully saturated rings. The maximum absolute atomic E-state index is 13.0. The van der Waals surface area contributed by atoms with Crippen molar-refractivity contribution in [2.24, 2.45) is 0 Å². The van der Waals surface area contributed by atoms with Crippen LogP contribution in [0.4, 0.5) is 0 Å². The fraction of sp³-hybridized carbons (Fsp3) is 0.0385. The maximum Gasteiger partial charge on any atom is 0.186 e. The van der Waals surface area contributed by atoms with E-state index in [1.165, 1.54) is 44.2 Å². The van der Waals surface area contributed by atoms with Gasteiger partial charge in [-0.2, -0.15) is 0 Å². The first-order valence-electron chi connectivity index (χ1n) is 9.30. The van der Waals surface area contributed by atoms with Crippen LogP contribution in [0.25, 0.3) is 28.3 Å². The average molecular weight is 344 g/mol. The Morgan fingerprint density at radius 3 is 2.41 bits per heavy atom. The minimum atomic E-state index is 0.110. The van der Waals surface area contributed by atoms with Gasteiger partial charge in [-0.3, -0.25) is 4.79 Å². The number of allylic oxidation sites excluding steroid dienone is 4. The Hall–Kier alpha value is -3.45. The maximum atomic E-state index is 13.0. The highest BCUT2D eigenvalue weighted by Crippen LogP contribution is 2.40. The summed E-state index contributed by atoms with van der Waals surface area (Å²) in [6.07, 6.45) is 6.78. The summed E-state index contributed by atoms with van der Waals surface area (Å²) in [6, 6.07) is 23.2. The first-order valence-corrected chi connectivity index (χ1v) is 9.30. The quantitative estimate of drug-likeness (QED) is 0.474. The van der Waals surface area contributed by atoms with Crippen molar-refractivity contribution in [2.75, 3.05) is 0 Å². The van der Waals surface area contributed by atoms with Crippen LogP contribution in [0, 0.1) is 0 Å². The van der Waals surface area contributed by atoms with E-state index in [0.29, 0.717) is 0 Å². The van der Waals surface area contributed by atoms with E-state index in [-0.39, 0.29) is 5.78 Å². The summed E-state index contributed by atoms with van der Waals surface area (Å²) in [7, 11) is 0. The summed E-state index contributed by atoms with van der Waals surface area (Å²) in [5.41, 5.74) is 9.49. The van der Waals surface area contributed by atoms with Crippen molar-refractivity contribution in [3.63, 3.8) is 0 Å². The summed E-state index contributed by atoms with van der Waals surface area (Å²) >= 11 is 0.